The Kier molecular flexibility index (Phi) is 3.53. The largest absolute Gasteiger partial charge is 0.282 e. The monoisotopic (exact) mass is 257 g/mol. The highest BCUT2D eigenvalue weighted by Gasteiger charge is 2.26. The van der Waals surface area contributed by atoms with Crippen LogP contribution in [0.3, 0.4) is 0 Å². The Labute approximate surface area is 102 Å². The SMILES string of the molecule is Cc1cn[nH]c1C[C@H]1CCCN(S(C)(=O)=O)C1. The van der Waals surface area contributed by atoms with E-state index in [4.69, 9.17) is 0 Å². The molecule has 1 aliphatic rings. The smallest absolute Gasteiger partial charge is 0.211 e. The van der Waals surface area contributed by atoms with Crippen molar-refractivity contribution in [3.05, 3.63) is 17.5 Å². The lowest BCUT2D eigenvalue weighted by molar-refractivity contribution is 0.265. The van der Waals surface area contributed by atoms with Crippen molar-refractivity contribution >= 4 is 10.0 Å². The molecule has 1 aromatic heterocycles. The van der Waals surface area contributed by atoms with E-state index in [2.05, 4.69) is 10.2 Å². The zero-order valence-electron chi connectivity index (χ0n) is 10.3. The summed E-state index contributed by atoms with van der Waals surface area (Å²) in [7, 11) is -3.04. The summed E-state index contributed by atoms with van der Waals surface area (Å²) < 4.78 is 24.6. The van der Waals surface area contributed by atoms with Crippen LogP contribution in [0.5, 0.6) is 0 Å². The highest BCUT2D eigenvalue weighted by atomic mass is 32.2. The van der Waals surface area contributed by atoms with Crippen molar-refractivity contribution in [2.75, 3.05) is 19.3 Å². The van der Waals surface area contributed by atoms with Gasteiger partial charge >= 0.3 is 0 Å². The summed E-state index contributed by atoms with van der Waals surface area (Å²) in [6, 6.07) is 0. The van der Waals surface area contributed by atoms with E-state index in [1.54, 1.807) is 4.31 Å². The zero-order chi connectivity index (χ0) is 12.5. The molecule has 0 saturated carbocycles. The first-order valence-corrected chi connectivity index (χ1v) is 7.75. The third kappa shape index (κ3) is 3.07. The van der Waals surface area contributed by atoms with E-state index in [1.165, 1.54) is 6.26 Å². The average molecular weight is 257 g/mol. The fourth-order valence-electron chi connectivity index (χ4n) is 2.36. The first-order chi connectivity index (χ1) is 7.97. The molecule has 1 atom stereocenters. The molecule has 1 aromatic rings. The predicted molar refractivity (Wildman–Crippen MR) is 66.2 cm³/mol. The Hall–Kier alpha value is -0.880. The van der Waals surface area contributed by atoms with Gasteiger partial charge in [-0.25, -0.2) is 12.7 Å². The molecule has 1 fully saturated rings. The third-order valence-corrected chi connectivity index (χ3v) is 4.65. The first-order valence-electron chi connectivity index (χ1n) is 5.91. The number of sulfonamides is 1. The van der Waals surface area contributed by atoms with Gasteiger partial charge in [0.25, 0.3) is 0 Å². The minimum Gasteiger partial charge on any atom is -0.282 e. The Morgan fingerprint density at radius 2 is 2.35 bits per heavy atom. The lowest BCUT2D eigenvalue weighted by Gasteiger charge is -2.30. The van der Waals surface area contributed by atoms with Crippen LogP contribution in [0.1, 0.15) is 24.1 Å². The van der Waals surface area contributed by atoms with Crippen LogP contribution in [0, 0.1) is 12.8 Å². The van der Waals surface area contributed by atoms with Crippen molar-refractivity contribution in [1.29, 1.82) is 0 Å². The van der Waals surface area contributed by atoms with Crippen molar-refractivity contribution in [2.45, 2.75) is 26.2 Å². The maximum Gasteiger partial charge on any atom is 0.211 e. The Bertz CT molecular complexity index is 481. The van der Waals surface area contributed by atoms with Gasteiger partial charge in [0, 0.05) is 18.8 Å². The van der Waals surface area contributed by atoms with E-state index < -0.39 is 10.0 Å². The number of rotatable bonds is 3. The van der Waals surface area contributed by atoms with Gasteiger partial charge in [0.1, 0.15) is 0 Å². The summed E-state index contributed by atoms with van der Waals surface area (Å²) in [5.41, 5.74) is 2.28. The standard InChI is InChI=1S/C11H19N3O2S/c1-9-7-12-13-11(9)6-10-4-3-5-14(8-10)17(2,15)16/h7,10H,3-6,8H2,1-2H3,(H,12,13)/t10-/m1/s1. The van der Waals surface area contributed by atoms with E-state index in [0.717, 1.165) is 30.5 Å². The van der Waals surface area contributed by atoms with E-state index >= 15 is 0 Å². The van der Waals surface area contributed by atoms with Crippen LogP contribution in [-0.4, -0.2) is 42.3 Å². The number of aromatic nitrogens is 2. The summed E-state index contributed by atoms with van der Waals surface area (Å²) in [5, 5.41) is 6.99. The second kappa shape index (κ2) is 4.78. The Morgan fingerprint density at radius 1 is 1.59 bits per heavy atom. The van der Waals surface area contributed by atoms with E-state index in [0.29, 0.717) is 19.0 Å². The van der Waals surface area contributed by atoms with Gasteiger partial charge in [-0.05, 0) is 37.7 Å². The highest BCUT2D eigenvalue weighted by Crippen LogP contribution is 2.22. The minimum atomic E-state index is -3.04. The summed E-state index contributed by atoms with van der Waals surface area (Å²) in [4.78, 5) is 0. The second-order valence-electron chi connectivity index (χ2n) is 4.86. The molecule has 2 rings (SSSR count). The Balaban J connectivity index is 2.01. The molecule has 0 amide bonds. The molecule has 0 aliphatic carbocycles. The summed E-state index contributed by atoms with van der Waals surface area (Å²) >= 11 is 0. The molecule has 0 bridgehead atoms. The molecule has 0 aromatic carbocycles. The second-order valence-corrected chi connectivity index (χ2v) is 6.85. The molecular weight excluding hydrogens is 238 g/mol. The van der Waals surface area contributed by atoms with Crippen LogP contribution in [0.2, 0.25) is 0 Å². The van der Waals surface area contributed by atoms with Crippen molar-refractivity contribution in [2.24, 2.45) is 5.92 Å². The Morgan fingerprint density at radius 3 is 2.94 bits per heavy atom. The average Bonchev–Trinajstić information content (AvgIpc) is 2.64. The highest BCUT2D eigenvalue weighted by molar-refractivity contribution is 7.88. The van der Waals surface area contributed by atoms with Gasteiger partial charge < -0.3 is 0 Å². The van der Waals surface area contributed by atoms with Crippen molar-refractivity contribution in [1.82, 2.24) is 14.5 Å². The first kappa shape index (κ1) is 12.6. The number of aromatic amines is 1. The molecule has 0 radical (unpaired) electrons. The molecule has 1 saturated heterocycles. The lowest BCUT2D eigenvalue weighted by atomic mass is 9.94. The van der Waals surface area contributed by atoms with E-state index in [-0.39, 0.29) is 0 Å². The van der Waals surface area contributed by atoms with Crippen LogP contribution < -0.4 is 0 Å². The van der Waals surface area contributed by atoms with Crippen molar-refractivity contribution in [3.8, 4) is 0 Å². The van der Waals surface area contributed by atoms with Crippen molar-refractivity contribution < 1.29 is 8.42 Å². The molecule has 96 valence electrons. The minimum absolute atomic E-state index is 0.401. The summed E-state index contributed by atoms with van der Waals surface area (Å²) in [6.07, 6.45) is 6.02. The molecule has 2 heterocycles. The number of piperidine rings is 1. The third-order valence-electron chi connectivity index (χ3n) is 3.38. The van der Waals surface area contributed by atoms with E-state index in [1.807, 2.05) is 13.1 Å². The molecule has 0 unspecified atom stereocenters. The molecular formula is C11H19N3O2S. The number of aryl methyl sites for hydroxylation is 1. The fourth-order valence-corrected chi connectivity index (χ4v) is 3.31. The van der Waals surface area contributed by atoms with Gasteiger partial charge in [0.2, 0.25) is 10.0 Å². The molecule has 6 heteroatoms. The van der Waals surface area contributed by atoms with Gasteiger partial charge in [-0.2, -0.15) is 5.10 Å². The van der Waals surface area contributed by atoms with Crippen LogP contribution in [0.4, 0.5) is 0 Å². The molecule has 0 spiro atoms. The van der Waals surface area contributed by atoms with Crippen LogP contribution >= 0.6 is 0 Å². The fraction of sp³-hybridized carbons (Fsp3) is 0.727. The molecule has 5 nitrogen and oxygen atoms in total. The number of hydrogen-bond acceptors (Lipinski definition) is 3. The number of hydrogen-bond donors (Lipinski definition) is 1. The van der Waals surface area contributed by atoms with Crippen LogP contribution in [-0.2, 0) is 16.4 Å². The van der Waals surface area contributed by atoms with Crippen LogP contribution in [0.25, 0.3) is 0 Å². The van der Waals surface area contributed by atoms with Gasteiger partial charge in [-0.15, -0.1) is 0 Å². The number of H-pyrrole nitrogens is 1. The van der Waals surface area contributed by atoms with Gasteiger partial charge in [0.15, 0.2) is 0 Å². The van der Waals surface area contributed by atoms with Gasteiger partial charge in [0.05, 0.1) is 12.5 Å². The molecule has 17 heavy (non-hydrogen) atoms. The maximum atomic E-state index is 11.5. The predicted octanol–water partition coefficient (Wildman–Crippen LogP) is 0.932. The summed E-state index contributed by atoms with van der Waals surface area (Å²) in [5.74, 6) is 0.401. The van der Waals surface area contributed by atoms with Crippen LogP contribution in [0.15, 0.2) is 6.20 Å². The quantitative estimate of drug-likeness (QED) is 0.876. The molecule has 1 N–H and O–H groups in total. The number of nitrogens with zero attached hydrogens (tertiary/aromatic N) is 2. The van der Waals surface area contributed by atoms with Gasteiger partial charge in [-0.1, -0.05) is 0 Å². The topological polar surface area (TPSA) is 66.1 Å². The zero-order valence-corrected chi connectivity index (χ0v) is 11.1. The maximum absolute atomic E-state index is 11.5. The summed E-state index contributed by atoms with van der Waals surface area (Å²) in [6.45, 7) is 3.32. The number of nitrogens with one attached hydrogen (secondary N) is 1. The van der Waals surface area contributed by atoms with Crippen molar-refractivity contribution in [3.63, 3.8) is 0 Å². The molecule has 1 aliphatic heterocycles. The van der Waals surface area contributed by atoms with E-state index in [9.17, 15) is 8.42 Å². The van der Waals surface area contributed by atoms with Gasteiger partial charge in [-0.3, -0.25) is 5.10 Å². The lowest BCUT2D eigenvalue weighted by Crippen LogP contribution is -2.39. The normalized spacial score (nSPS) is 22.8.